The van der Waals surface area contributed by atoms with Crippen molar-refractivity contribution in [2.75, 3.05) is 7.11 Å². The first kappa shape index (κ1) is 12.6. The van der Waals surface area contributed by atoms with Crippen LogP contribution in [0.5, 0.6) is 0 Å². The lowest BCUT2D eigenvalue weighted by molar-refractivity contribution is -0.147. The lowest BCUT2D eigenvalue weighted by atomic mass is 9.92. The molecule has 1 fully saturated rings. The predicted molar refractivity (Wildman–Crippen MR) is 67.0 cm³/mol. The Hall–Kier alpha value is -1.84. The second-order valence-electron chi connectivity index (χ2n) is 4.95. The van der Waals surface area contributed by atoms with Gasteiger partial charge in [0.05, 0.1) is 7.11 Å². The van der Waals surface area contributed by atoms with Gasteiger partial charge in [-0.05, 0) is 12.0 Å². The number of ether oxygens (including phenoxy) is 1. The second-order valence-corrected chi connectivity index (χ2v) is 4.95. The second kappa shape index (κ2) is 4.12. The molecule has 1 amide bonds. The first-order chi connectivity index (χ1) is 8.46. The monoisotopic (exact) mass is 247 g/mol. The third kappa shape index (κ3) is 1.68. The van der Waals surface area contributed by atoms with Crippen LogP contribution < -0.4 is 5.32 Å². The van der Waals surface area contributed by atoms with Crippen LogP contribution in [-0.4, -0.2) is 24.5 Å². The maximum Gasteiger partial charge on any atom is 0.332 e. The molecule has 2 atom stereocenters. The average Bonchev–Trinajstić information content (AvgIpc) is 2.96. The summed E-state index contributed by atoms with van der Waals surface area (Å²) in [5, 5.41) is 2.76. The van der Waals surface area contributed by atoms with Gasteiger partial charge in [-0.25, -0.2) is 4.79 Å². The molecule has 1 aliphatic rings. The van der Waals surface area contributed by atoms with Crippen LogP contribution in [0.4, 0.5) is 0 Å². The third-order valence-electron chi connectivity index (χ3n) is 3.77. The lowest BCUT2D eigenvalue weighted by Gasteiger charge is -2.21. The molecule has 0 saturated heterocycles. The number of benzene rings is 1. The fourth-order valence-corrected chi connectivity index (χ4v) is 2.65. The molecule has 0 radical (unpaired) electrons. The molecule has 1 saturated carbocycles. The molecule has 1 aromatic carbocycles. The molecule has 0 unspecified atom stereocenters. The summed E-state index contributed by atoms with van der Waals surface area (Å²) in [7, 11) is 1.34. The minimum absolute atomic E-state index is 0.222. The van der Waals surface area contributed by atoms with E-state index in [1.54, 1.807) is 0 Å². The minimum Gasteiger partial charge on any atom is -0.467 e. The highest BCUT2D eigenvalue weighted by Gasteiger charge is 2.71. The highest BCUT2D eigenvalue weighted by atomic mass is 16.5. The zero-order valence-electron chi connectivity index (χ0n) is 10.8. The Morgan fingerprint density at radius 2 is 1.89 bits per heavy atom. The molecule has 1 aromatic rings. The molecule has 1 aliphatic carbocycles. The maximum absolute atomic E-state index is 12.0. The Balaban J connectivity index is 2.37. The first-order valence-electron chi connectivity index (χ1n) is 5.89. The fourth-order valence-electron chi connectivity index (χ4n) is 2.65. The number of hydrogen-bond donors (Lipinski definition) is 1. The quantitative estimate of drug-likeness (QED) is 0.821. The highest BCUT2D eigenvalue weighted by Crippen LogP contribution is 2.57. The molecule has 0 aromatic heterocycles. The Morgan fingerprint density at radius 3 is 2.39 bits per heavy atom. The Morgan fingerprint density at radius 1 is 1.28 bits per heavy atom. The van der Waals surface area contributed by atoms with E-state index in [1.807, 2.05) is 37.3 Å². The van der Waals surface area contributed by atoms with Gasteiger partial charge in [0.1, 0.15) is 5.54 Å². The molecule has 2 rings (SSSR count). The summed E-state index contributed by atoms with van der Waals surface area (Å²) in [5.74, 6) is -0.607. The fraction of sp³-hybridized carbons (Fsp3) is 0.429. The summed E-state index contributed by atoms with van der Waals surface area (Å²) in [6, 6.07) is 9.70. The van der Waals surface area contributed by atoms with E-state index in [9.17, 15) is 9.59 Å². The van der Waals surface area contributed by atoms with E-state index in [1.165, 1.54) is 14.0 Å². The van der Waals surface area contributed by atoms with Gasteiger partial charge in [0.2, 0.25) is 5.91 Å². The average molecular weight is 247 g/mol. The lowest BCUT2D eigenvalue weighted by Crippen LogP contribution is -2.48. The van der Waals surface area contributed by atoms with Gasteiger partial charge in [0.15, 0.2) is 0 Å². The number of rotatable bonds is 3. The SMILES string of the molecule is COC(=O)[C@]1(NC(C)=O)C[C@]1(C)c1ccccc1. The van der Waals surface area contributed by atoms with Gasteiger partial charge in [0.25, 0.3) is 0 Å². The van der Waals surface area contributed by atoms with Gasteiger partial charge in [-0.15, -0.1) is 0 Å². The Kier molecular flexibility index (Phi) is 2.89. The smallest absolute Gasteiger partial charge is 0.332 e. The van der Waals surface area contributed by atoms with Gasteiger partial charge in [-0.3, -0.25) is 4.79 Å². The summed E-state index contributed by atoms with van der Waals surface area (Å²) in [5.41, 5.74) is -0.286. The molecule has 0 spiro atoms. The number of esters is 1. The molecule has 0 heterocycles. The number of hydrogen-bond acceptors (Lipinski definition) is 3. The van der Waals surface area contributed by atoms with Gasteiger partial charge in [-0.1, -0.05) is 37.3 Å². The molecule has 0 bridgehead atoms. The van der Waals surface area contributed by atoms with Crippen LogP contribution in [0.15, 0.2) is 30.3 Å². The largest absolute Gasteiger partial charge is 0.467 e. The molecule has 0 aliphatic heterocycles. The van der Waals surface area contributed by atoms with Crippen LogP contribution >= 0.6 is 0 Å². The van der Waals surface area contributed by atoms with Crippen molar-refractivity contribution in [2.45, 2.75) is 31.2 Å². The van der Waals surface area contributed by atoms with E-state index >= 15 is 0 Å². The van der Waals surface area contributed by atoms with E-state index < -0.39 is 11.0 Å². The Bertz CT molecular complexity index is 485. The van der Waals surface area contributed by atoms with E-state index in [0.717, 1.165) is 5.56 Å². The summed E-state index contributed by atoms with van der Waals surface area (Å²) in [4.78, 5) is 23.3. The topological polar surface area (TPSA) is 55.4 Å². The van der Waals surface area contributed by atoms with Crippen LogP contribution in [0.1, 0.15) is 25.8 Å². The van der Waals surface area contributed by atoms with Crippen molar-refractivity contribution in [1.82, 2.24) is 5.32 Å². The molecular formula is C14H17NO3. The van der Waals surface area contributed by atoms with Crippen molar-refractivity contribution in [3.05, 3.63) is 35.9 Å². The van der Waals surface area contributed by atoms with E-state index in [0.29, 0.717) is 6.42 Å². The van der Waals surface area contributed by atoms with Crippen molar-refractivity contribution in [1.29, 1.82) is 0 Å². The normalized spacial score (nSPS) is 29.5. The zero-order chi connectivity index (χ0) is 13.4. The summed E-state index contributed by atoms with van der Waals surface area (Å²) < 4.78 is 4.84. The van der Waals surface area contributed by atoms with E-state index in [-0.39, 0.29) is 11.9 Å². The predicted octanol–water partition coefficient (Wildman–Crippen LogP) is 1.40. The van der Waals surface area contributed by atoms with Crippen molar-refractivity contribution in [3.63, 3.8) is 0 Å². The third-order valence-corrected chi connectivity index (χ3v) is 3.77. The summed E-state index contributed by atoms with van der Waals surface area (Å²) in [6.07, 6.45) is 0.566. The van der Waals surface area contributed by atoms with Gasteiger partial charge in [-0.2, -0.15) is 0 Å². The number of nitrogens with one attached hydrogen (secondary N) is 1. The number of methoxy groups -OCH3 is 1. The molecule has 18 heavy (non-hydrogen) atoms. The van der Waals surface area contributed by atoms with Crippen LogP contribution in [0, 0.1) is 0 Å². The van der Waals surface area contributed by atoms with Crippen LogP contribution in [0.25, 0.3) is 0 Å². The van der Waals surface area contributed by atoms with E-state index in [4.69, 9.17) is 4.74 Å². The van der Waals surface area contributed by atoms with Crippen molar-refractivity contribution in [2.24, 2.45) is 0 Å². The first-order valence-corrected chi connectivity index (χ1v) is 5.89. The Labute approximate surface area is 106 Å². The molecular weight excluding hydrogens is 230 g/mol. The summed E-state index contributed by atoms with van der Waals surface area (Å²) in [6.45, 7) is 3.38. The van der Waals surface area contributed by atoms with Gasteiger partial charge < -0.3 is 10.1 Å². The highest BCUT2D eigenvalue weighted by molar-refractivity contribution is 5.93. The summed E-state index contributed by atoms with van der Waals surface area (Å²) >= 11 is 0. The minimum atomic E-state index is -0.922. The van der Waals surface area contributed by atoms with Gasteiger partial charge >= 0.3 is 5.97 Å². The van der Waals surface area contributed by atoms with Crippen molar-refractivity contribution >= 4 is 11.9 Å². The number of amides is 1. The maximum atomic E-state index is 12.0. The van der Waals surface area contributed by atoms with Crippen molar-refractivity contribution in [3.8, 4) is 0 Å². The number of carbonyl (C=O) groups is 2. The van der Waals surface area contributed by atoms with Crippen LogP contribution in [0.3, 0.4) is 0 Å². The zero-order valence-corrected chi connectivity index (χ0v) is 10.8. The molecule has 96 valence electrons. The van der Waals surface area contributed by atoms with Crippen LogP contribution in [0.2, 0.25) is 0 Å². The van der Waals surface area contributed by atoms with E-state index in [2.05, 4.69) is 5.32 Å². The molecule has 4 nitrogen and oxygen atoms in total. The van der Waals surface area contributed by atoms with Gasteiger partial charge in [0, 0.05) is 12.3 Å². The molecule has 4 heteroatoms. The molecule has 1 N–H and O–H groups in total. The van der Waals surface area contributed by atoms with Crippen LogP contribution in [-0.2, 0) is 19.7 Å². The van der Waals surface area contributed by atoms with Crippen molar-refractivity contribution < 1.29 is 14.3 Å². The number of carbonyl (C=O) groups excluding carboxylic acids is 2. The standard InChI is InChI=1S/C14H17NO3/c1-10(16)15-14(12(17)18-3)9-13(14,2)11-7-5-4-6-8-11/h4-8H,9H2,1-3H3,(H,15,16)/t13-,14-/m1/s1.